The molecule has 0 aliphatic carbocycles. The van der Waals surface area contributed by atoms with Crippen LogP contribution in [0.2, 0.25) is 0 Å². The van der Waals surface area contributed by atoms with E-state index in [1.807, 2.05) is 6.07 Å². The fraction of sp³-hybridized carbons (Fsp3) is 0.350. The number of anilines is 1. The van der Waals surface area contributed by atoms with E-state index in [0.717, 1.165) is 36.5 Å². The van der Waals surface area contributed by atoms with Crippen LogP contribution in [0.15, 0.2) is 24.3 Å². The molecule has 0 fully saturated rings. The maximum atomic E-state index is 12.6. The van der Waals surface area contributed by atoms with Crippen molar-refractivity contribution in [1.82, 2.24) is 0 Å². The minimum atomic E-state index is -0.384. The van der Waals surface area contributed by atoms with Gasteiger partial charge in [0, 0.05) is 12.0 Å². The highest BCUT2D eigenvalue weighted by molar-refractivity contribution is 7.17. The minimum absolute atomic E-state index is 0.290. The van der Waals surface area contributed by atoms with Gasteiger partial charge in [-0.3, -0.25) is 4.79 Å². The third-order valence-corrected chi connectivity index (χ3v) is 5.86. The first-order valence-electron chi connectivity index (χ1n) is 9.04. The maximum absolute atomic E-state index is 12.6. The number of quaternary nitrogens is 1. The lowest BCUT2D eigenvalue weighted by molar-refractivity contribution is -0.913. The topological polar surface area (TPSA) is 83.6 Å². The number of ether oxygens (including phenoxy) is 1. The molecule has 1 amide bonds. The van der Waals surface area contributed by atoms with Crippen LogP contribution in [0.5, 0.6) is 0 Å². The third kappa shape index (κ3) is 4.02. The molecule has 0 radical (unpaired) electrons. The van der Waals surface area contributed by atoms with E-state index < -0.39 is 0 Å². The largest absolute Gasteiger partial charge is 0.462 e. The van der Waals surface area contributed by atoms with Crippen LogP contribution in [0.25, 0.3) is 0 Å². The molecule has 1 aromatic carbocycles. The Morgan fingerprint density at radius 3 is 2.67 bits per heavy atom. The number of hydrogen-bond donors (Lipinski definition) is 2. The van der Waals surface area contributed by atoms with Crippen LogP contribution in [-0.4, -0.2) is 31.6 Å². The monoisotopic (exact) mass is 384 g/mol. The summed E-state index contributed by atoms with van der Waals surface area (Å²) in [6.45, 7) is 7.06. The average molecular weight is 384 g/mol. The zero-order valence-electron chi connectivity index (χ0n) is 15.4. The molecule has 7 heteroatoms. The highest BCUT2D eigenvalue weighted by atomic mass is 32.1. The summed E-state index contributed by atoms with van der Waals surface area (Å²) < 4.78 is 5.24. The molecule has 140 valence electrons. The Balaban J connectivity index is 1.91. The normalized spacial score (nSPS) is 15.5. The lowest BCUT2D eigenvalue weighted by atomic mass is 10.0. The molecule has 2 N–H and O–H groups in total. The number of rotatable bonds is 5. The minimum Gasteiger partial charge on any atom is -0.462 e. The maximum Gasteiger partial charge on any atom is 0.341 e. The van der Waals surface area contributed by atoms with Gasteiger partial charge in [0.1, 0.15) is 11.5 Å². The quantitative estimate of drug-likeness (QED) is 0.773. The van der Waals surface area contributed by atoms with Crippen molar-refractivity contribution in [2.45, 2.75) is 26.8 Å². The van der Waals surface area contributed by atoms with Gasteiger partial charge < -0.3 is 15.0 Å². The number of nitrogens with zero attached hydrogens (tertiary/aromatic N) is 1. The zero-order valence-corrected chi connectivity index (χ0v) is 16.2. The summed E-state index contributed by atoms with van der Waals surface area (Å²) >= 11 is 1.46. The Morgan fingerprint density at radius 2 is 2.04 bits per heavy atom. The zero-order chi connectivity index (χ0) is 19.4. The molecule has 1 aliphatic heterocycles. The first-order chi connectivity index (χ1) is 13.1. The summed E-state index contributed by atoms with van der Waals surface area (Å²) in [5.74, 6) is -0.687. The summed E-state index contributed by atoms with van der Waals surface area (Å²) in [5, 5.41) is 12.3. The van der Waals surface area contributed by atoms with Crippen molar-refractivity contribution in [3.05, 3.63) is 51.4 Å². The van der Waals surface area contributed by atoms with Crippen molar-refractivity contribution in [1.29, 1.82) is 5.26 Å². The summed E-state index contributed by atoms with van der Waals surface area (Å²) in [5.41, 5.74) is 2.43. The first-order valence-corrected chi connectivity index (χ1v) is 9.85. The number of hydrogen-bond acceptors (Lipinski definition) is 5. The van der Waals surface area contributed by atoms with Crippen molar-refractivity contribution in [2.75, 3.05) is 25.0 Å². The molecule has 1 aliphatic rings. The highest BCUT2D eigenvalue weighted by Crippen LogP contribution is 2.35. The molecule has 1 unspecified atom stereocenters. The lowest BCUT2D eigenvalue weighted by Crippen LogP contribution is -3.11. The smallest absolute Gasteiger partial charge is 0.341 e. The fourth-order valence-corrected chi connectivity index (χ4v) is 4.52. The molecule has 0 saturated carbocycles. The molecule has 2 heterocycles. The molecule has 2 aromatic rings. The first kappa shape index (κ1) is 19.1. The van der Waals surface area contributed by atoms with E-state index >= 15 is 0 Å². The fourth-order valence-electron chi connectivity index (χ4n) is 3.22. The second-order valence-corrected chi connectivity index (χ2v) is 7.46. The lowest BCUT2D eigenvalue weighted by Gasteiger charge is -2.22. The number of thiophene rings is 1. The predicted molar refractivity (Wildman–Crippen MR) is 103 cm³/mol. The van der Waals surface area contributed by atoms with E-state index in [9.17, 15) is 9.59 Å². The second kappa shape index (κ2) is 8.33. The van der Waals surface area contributed by atoms with Gasteiger partial charge in [-0.1, -0.05) is 0 Å². The van der Waals surface area contributed by atoms with E-state index in [2.05, 4.69) is 12.2 Å². The van der Waals surface area contributed by atoms with Crippen LogP contribution < -0.4 is 10.2 Å². The molecule has 0 spiro atoms. The van der Waals surface area contributed by atoms with Crippen molar-refractivity contribution in [2.24, 2.45) is 0 Å². The number of esters is 1. The van der Waals surface area contributed by atoms with Gasteiger partial charge in [0.2, 0.25) is 0 Å². The van der Waals surface area contributed by atoms with Crippen molar-refractivity contribution in [3.8, 4) is 6.07 Å². The van der Waals surface area contributed by atoms with Gasteiger partial charge in [0.25, 0.3) is 5.91 Å². The van der Waals surface area contributed by atoms with Gasteiger partial charge in [0.15, 0.2) is 0 Å². The van der Waals surface area contributed by atoms with Crippen molar-refractivity contribution < 1.29 is 19.2 Å². The molecule has 3 rings (SSSR count). The summed E-state index contributed by atoms with van der Waals surface area (Å²) in [6, 6.07) is 8.44. The van der Waals surface area contributed by atoms with E-state index in [4.69, 9.17) is 10.00 Å². The van der Waals surface area contributed by atoms with Crippen LogP contribution >= 0.6 is 11.3 Å². The average Bonchev–Trinajstić information content (AvgIpc) is 3.04. The number of nitriles is 1. The highest BCUT2D eigenvalue weighted by Gasteiger charge is 2.30. The van der Waals surface area contributed by atoms with Crippen LogP contribution in [-0.2, 0) is 17.7 Å². The number of nitrogens with one attached hydrogen (secondary N) is 2. The van der Waals surface area contributed by atoms with Gasteiger partial charge in [-0.2, -0.15) is 5.26 Å². The van der Waals surface area contributed by atoms with E-state index in [0.29, 0.717) is 28.3 Å². The second-order valence-electron chi connectivity index (χ2n) is 6.35. The molecular formula is C20H22N3O3S+. The van der Waals surface area contributed by atoms with E-state index in [1.54, 1.807) is 31.2 Å². The standard InChI is InChI=1S/C20H21N3O3S/c1-3-23-10-9-15-16(12-23)27-19(17(15)20(25)26-4-2)22-18(24)14-7-5-13(11-21)6-8-14/h5-8H,3-4,9-10,12H2,1-2H3,(H,22,24)/p+1. The summed E-state index contributed by atoms with van der Waals surface area (Å²) in [4.78, 5) is 27.8. The molecule has 6 nitrogen and oxygen atoms in total. The molecule has 27 heavy (non-hydrogen) atoms. The van der Waals surface area contributed by atoms with E-state index in [-0.39, 0.29) is 11.9 Å². The van der Waals surface area contributed by atoms with Crippen LogP contribution in [0.4, 0.5) is 5.00 Å². The Hall–Kier alpha value is -2.69. The number of carbonyl (C=O) groups is 2. The number of amides is 1. The van der Waals surface area contributed by atoms with Gasteiger partial charge in [-0.05, 0) is 43.7 Å². The SMILES string of the molecule is CCOC(=O)c1c(NC(=O)c2ccc(C#N)cc2)sc2c1CC[NH+](CC)C2. The molecule has 0 bridgehead atoms. The summed E-state index contributed by atoms with van der Waals surface area (Å²) in [6.07, 6.45) is 0.801. The Morgan fingerprint density at radius 1 is 1.30 bits per heavy atom. The Bertz CT molecular complexity index is 896. The predicted octanol–water partition coefficient (Wildman–Crippen LogP) is 2.01. The van der Waals surface area contributed by atoms with Gasteiger partial charge >= 0.3 is 5.97 Å². The van der Waals surface area contributed by atoms with E-state index in [1.165, 1.54) is 16.2 Å². The summed E-state index contributed by atoms with van der Waals surface area (Å²) in [7, 11) is 0. The number of benzene rings is 1. The number of likely N-dealkylation sites (N-methyl/N-ethyl adjacent to an activating group) is 1. The van der Waals surface area contributed by atoms with Crippen molar-refractivity contribution in [3.63, 3.8) is 0 Å². The van der Waals surface area contributed by atoms with Crippen LogP contribution in [0.1, 0.15) is 50.6 Å². The van der Waals surface area contributed by atoms with Gasteiger partial charge in [0.05, 0.1) is 41.8 Å². The molecule has 1 aromatic heterocycles. The van der Waals surface area contributed by atoms with Crippen LogP contribution in [0, 0.1) is 11.3 Å². The van der Waals surface area contributed by atoms with Gasteiger partial charge in [-0.25, -0.2) is 4.79 Å². The van der Waals surface area contributed by atoms with Crippen molar-refractivity contribution >= 4 is 28.2 Å². The number of carbonyl (C=O) groups excluding carboxylic acids is 2. The Kier molecular flexibility index (Phi) is 5.89. The molecule has 0 saturated heterocycles. The van der Waals surface area contributed by atoms with Gasteiger partial charge in [-0.15, -0.1) is 11.3 Å². The Labute approximate surface area is 162 Å². The third-order valence-electron chi connectivity index (χ3n) is 4.71. The molecule has 1 atom stereocenters. The molecular weight excluding hydrogens is 362 g/mol. The van der Waals surface area contributed by atoms with Crippen LogP contribution in [0.3, 0.4) is 0 Å². The number of fused-ring (bicyclic) bond motifs is 1.